The average Bonchev–Trinajstić information content (AvgIpc) is 2.93. The van der Waals surface area contributed by atoms with Crippen molar-refractivity contribution in [1.82, 2.24) is 0 Å². The second-order valence-electron chi connectivity index (χ2n) is 8.38. The third kappa shape index (κ3) is 2.92. The zero-order chi connectivity index (χ0) is 20.1. The van der Waals surface area contributed by atoms with Crippen LogP contribution in [0, 0.1) is 0 Å². The molecule has 0 spiro atoms. The van der Waals surface area contributed by atoms with Crippen LogP contribution in [0.5, 0.6) is 5.75 Å². The lowest BCUT2D eigenvalue weighted by molar-refractivity contribution is -0.113. The van der Waals surface area contributed by atoms with Crippen molar-refractivity contribution in [1.29, 1.82) is 0 Å². The van der Waals surface area contributed by atoms with E-state index in [9.17, 15) is 4.79 Å². The first-order valence-electron chi connectivity index (χ1n) is 10.2. The summed E-state index contributed by atoms with van der Waals surface area (Å²) in [6.07, 6.45) is 1.90. The van der Waals surface area contributed by atoms with Crippen molar-refractivity contribution in [3.63, 3.8) is 0 Å². The topological polar surface area (TPSA) is 41.9 Å². The SMILES string of the molecule is CCOc1cc2c3c(c1)[C@H](C)CC(C)(C)N3C(=O)C2=Nc1ccc(CC)cc1. The van der Waals surface area contributed by atoms with Crippen LogP contribution in [-0.4, -0.2) is 23.8 Å². The molecule has 0 unspecified atom stereocenters. The number of nitrogens with zero attached hydrogens (tertiary/aromatic N) is 2. The van der Waals surface area contributed by atoms with Gasteiger partial charge in [0.15, 0.2) is 0 Å². The Kier molecular flexibility index (Phi) is 4.53. The predicted octanol–water partition coefficient (Wildman–Crippen LogP) is 5.40. The number of hydrogen-bond acceptors (Lipinski definition) is 3. The van der Waals surface area contributed by atoms with E-state index in [1.165, 1.54) is 11.1 Å². The fraction of sp³-hybridized carbons (Fsp3) is 0.417. The first-order chi connectivity index (χ1) is 13.4. The maximum atomic E-state index is 13.5. The highest BCUT2D eigenvalue weighted by Crippen LogP contribution is 2.50. The second-order valence-corrected chi connectivity index (χ2v) is 8.38. The molecule has 2 aliphatic heterocycles. The highest BCUT2D eigenvalue weighted by molar-refractivity contribution is 6.55. The van der Waals surface area contributed by atoms with Crippen molar-refractivity contribution in [2.24, 2.45) is 4.99 Å². The van der Waals surface area contributed by atoms with E-state index in [1.807, 2.05) is 30.0 Å². The highest BCUT2D eigenvalue weighted by Gasteiger charge is 2.48. The summed E-state index contributed by atoms with van der Waals surface area (Å²) in [5.74, 6) is 1.16. The molecule has 0 N–H and O–H groups in total. The third-order valence-corrected chi connectivity index (χ3v) is 5.84. The van der Waals surface area contributed by atoms with Crippen LogP contribution in [0.2, 0.25) is 0 Å². The number of rotatable bonds is 4. The van der Waals surface area contributed by atoms with Gasteiger partial charge in [-0.05, 0) is 74.9 Å². The number of aliphatic imine (C=N–C) groups is 1. The molecule has 2 aromatic rings. The van der Waals surface area contributed by atoms with Gasteiger partial charge in [-0.3, -0.25) is 4.79 Å². The van der Waals surface area contributed by atoms with Crippen LogP contribution >= 0.6 is 0 Å². The minimum Gasteiger partial charge on any atom is -0.494 e. The van der Waals surface area contributed by atoms with E-state index in [0.29, 0.717) is 18.2 Å². The van der Waals surface area contributed by atoms with Gasteiger partial charge in [0.1, 0.15) is 11.5 Å². The normalized spacial score (nSPS) is 21.2. The number of amides is 1. The number of ether oxygens (including phenoxy) is 1. The number of aryl methyl sites for hydroxylation is 1. The predicted molar refractivity (Wildman–Crippen MR) is 114 cm³/mol. The van der Waals surface area contributed by atoms with Crippen LogP contribution in [0.1, 0.15) is 63.6 Å². The lowest BCUT2D eigenvalue weighted by atomic mass is 9.80. The second kappa shape index (κ2) is 6.77. The van der Waals surface area contributed by atoms with Crippen LogP contribution in [0.25, 0.3) is 0 Å². The highest BCUT2D eigenvalue weighted by atomic mass is 16.5. The first kappa shape index (κ1) is 18.7. The molecule has 4 heteroatoms. The zero-order valence-electron chi connectivity index (χ0n) is 17.4. The number of carbonyl (C=O) groups excluding carboxylic acids is 1. The molecule has 28 heavy (non-hydrogen) atoms. The Morgan fingerprint density at radius 3 is 2.54 bits per heavy atom. The molecule has 4 rings (SSSR count). The molecule has 4 nitrogen and oxygen atoms in total. The molecule has 146 valence electrons. The molecular weight excluding hydrogens is 348 g/mol. The van der Waals surface area contributed by atoms with Gasteiger partial charge in [-0.25, -0.2) is 4.99 Å². The van der Waals surface area contributed by atoms with Crippen molar-refractivity contribution >= 4 is 23.0 Å². The van der Waals surface area contributed by atoms with E-state index in [-0.39, 0.29) is 11.4 Å². The molecule has 1 atom stereocenters. The molecule has 0 aliphatic carbocycles. The van der Waals surface area contributed by atoms with Crippen LogP contribution in [0.3, 0.4) is 0 Å². The Balaban J connectivity index is 1.90. The molecular formula is C24H28N2O2. The third-order valence-electron chi connectivity index (χ3n) is 5.84. The fourth-order valence-electron chi connectivity index (χ4n) is 4.58. The van der Waals surface area contributed by atoms with Gasteiger partial charge in [0.25, 0.3) is 5.91 Å². The van der Waals surface area contributed by atoms with Crippen molar-refractivity contribution in [3.8, 4) is 5.75 Å². The maximum Gasteiger partial charge on any atom is 0.278 e. The zero-order valence-corrected chi connectivity index (χ0v) is 17.4. The molecule has 2 aromatic carbocycles. The minimum atomic E-state index is -0.241. The fourth-order valence-corrected chi connectivity index (χ4v) is 4.58. The number of hydrogen-bond donors (Lipinski definition) is 0. The summed E-state index contributed by atoms with van der Waals surface area (Å²) in [7, 11) is 0. The van der Waals surface area contributed by atoms with E-state index in [1.54, 1.807) is 0 Å². The van der Waals surface area contributed by atoms with Crippen LogP contribution in [0.4, 0.5) is 11.4 Å². The van der Waals surface area contributed by atoms with Gasteiger partial charge in [0.2, 0.25) is 0 Å². The summed E-state index contributed by atoms with van der Waals surface area (Å²) in [5, 5.41) is 0. The number of carbonyl (C=O) groups is 1. The van der Waals surface area contributed by atoms with Crippen molar-refractivity contribution in [2.45, 2.75) is 58.9 Å². The van der Waals surface area contributed by atoms with Gasteiger partial charge in [-0.2, -0.15) is 0 Å². The Morgan fingerprint density at radius 1 is 1.18 bits per heavy atom. The standard InChI is InChI=1S/C24H28N2O2/c1-6-16-8-10-17(11-9-16)25-21-20-13-18(28-7-2)12-19-15(3)14-24(4,5)26(22(19)20)23(21)27/h8-13,15H,6-7,14H2,1-5H3/t15-/m1/s1. The van der Waals surface area contributed by atoms with Crippen molar-refractivity contribution in [2.75, 3.05) is 11.5 Å². The van der Waals surface area contributed by atoms with E-state index in [4.69, 9.17) is 9.73 Å². The van der Waals surface area contributed by atoms with E-state index in [0.717, 1.165) is 35.5 Å². The Labute approximate surface area is 167 Å². The molecule has 2 aliphatic rings. The summed E-state index contributed by atoms with van der Waals surface area (Å²) in [4.78, 5) is 20.2. The van der Waals surface area contributed by atoms with E-state index in [2.05, 4.69) is 45.9 Å². The van der Waals surface area contributed by atoms with E-state index >= 15 is 0 Å². The maximum absolute atomic E-state index is 13.5. The van der Waals surface area contributed by atoms with Gasteiger partial charge in [-0.1, -0.05) is 26.0 Å². The summed E-state index contributed by atoms with van der Waals surface area (Å²) in [6, 6.07) is 12.2. The number of anilines is 1. The molecule has 1 amide bonds. The molecule has 0 radical (unpaired) electrons. The monoisotopic (exact) mass is 376 g/mol. The van der Waals surface area contributed by atoms with Crippen molar-refractivity contribution in [3.05, 3.63) is 53.1 Å². The van der Waals surface area contributed by atoms with Crippen LogP contribution in [-0.2, 0) is 11.2 Å². The average molecular weight is 377 g/mol. The smallest absolute Gasteiger partial charge is 0.278 e. The van der Waals surface area contributed by atoms with Gasteiger partial charge in [0, 0.05) is 11.1 Å². The van der Waals surface area contributed by atoms with Crippen molar-refractivity contribution < 1.29 is 9.53 Å². The number of benzene rings is 2. The molecule has 0 fully saturated rings. The lowest BCUT2D eigenvalue weighted by Gasteiger charge is -2.43. The first-order valence-corrected chi connectivity index (χ1v) is 10.2. The summed E-state index contributed by atoms with van der Waals surface area (Å²) in [6.45, 7) is 11.2. The summed E-state index contributed by atoms with van der Waals surface area (Å²) in [5.41, 5.74) is 5.43. The Morgan fingerprint density at radius 2 is 1.89 bits per heavy atom. The van der Waals surface area contributed by atoms with Gasteiger partial charge in [0.05, 0.1) is 18.0 Å². The van der Waals surface area contributed by atoms with Crippen LogP contribution in [0.15, 0.2) is 41.4 Å². The molecule has 0 bridgehead atoms. The lowest BCUT2D eigenvalue weighted by Crippen LogP contribution is -2.50. The quantitative estimate of drug-likeness (QED) is 0.717. The van der Waals surface area contributed by atoms with Crippen LogP contribution < -0.4 is 9.64 Å². The van der Waals surface area contributed by atoms with Gasteiger partial charge < -0.3 is 9.64 Å². The van der Waals surface area contributed by atoms with Gasteiger partial charge in [-0.15, -0.1) is 0 Å². The molecule has 0 aromatic heterocycles. The summed E-state index contributed by atoms with van der Waals surface area (Å²) < 4.78 is 5.81. The largest absolute Gasteiger partial charge is 0.494 e. The molecule has 2 heterocycles. The van der Waals surface area contributed by atoms with Gasteiger partial charge >= 0.3 is 0 Å². The summed E-state index contributed by atoms with van der Waals surface area (Å²) >= 11 is 0. The van der Waals surface area contributed by atoms with E-state index < -0.39 is 0 Å². The Bertz CT molecular complexity index is 957. The minimum absolute atomic E-state index is 0.0126. The Hall–Kier alpha value is -2.62. The molecule has 0 saturated carbocycles. The molecule has 0 saturated heterocycles.